The smallest absolute Gasteiger partial charge is 0.332 e. The molecule has 3 aliphatic heterocycles. The molecule has 17 heavy (non-hydrogen) atoms. The minimum absolute atomic E-state index is 0.0913. The third-order valence-electron chi connectivity index (χ3n) is 3.96. The SMILES string of the molecule is O=C(O)C1CCC(CN2CC3CCC(C2)O3)O1. The lowest BCUT2D eigenvalue weighted by Gasteiger charge is -2.33. The minimum Gasteiger partial charge on any atom is -0.479 e. The van der Waals surface area contributed by atoms with Crippen LogP contribution in [0, 0.1) is 0 Å². The zero-order valence-electron chi connectivity index (χ0n) is 9.88. The first-order valence-electron chi connectivity index (χ1n) is 6.47. The van der Waals surface area contributed by atoms with E-state index in [0.29, 0.717) is 18.6 Å². The third-order valence-corrected chi connectivity index (χ3v) is 3.96. The van der Waals surface area contributed by atoms with Crippen LogP contribution >= 0.6 is 0 Å². The molecule has 0 spiro atoms. The van der Waals surface area contributed by atoms with Crippen molar-refractivity contribution in [3.8, 4) is 0 Å². The topological polar surface area (TPSA) is 59.0 Å². The molecule has 0 aromatic rings. The average Bonchev–Trinajstić information content (AvgIpc) is 2.86. The predicted octanol–water partition coefficient (Wildman–Crippen LogP) is 0.482. The van der Waals surface area contributed by atoms with Gasteiger partial charge in [0.2, 0.25) is 0 Å². The Morgan fingerprint density at radius 2 is 1.82 bits per heavy atom. The summed E-state index contributed by atoms with van der Waals surface area (Å²) in [6.07, 6.45) is 4.15. The van der Waals surface area contributed by atoms with Crippen LogP contribution < -0.4 is 0 Å². The Hall–Kier alpha value is -0.650. The van der Waals surface area contributed by atoms with E-state index < -0.39 is 12.1 Å². The zero-order chi connectivity index (χ0) is 11.8. The van der Waals surface area contributed by atoms with Gasteiger partial charge >= 0.3 is 5.97 Å². The molecular formula is C12H19NO4. The summed E-state index contributed by atoms with van der Waals surface area (Å²) in [6, 6.07) is 0. The molecule has 2 bridgehead atoms. The number of carboxylic acids is 1. The van der Waals surface area contributed by atoms with Crippen LogP contribution in [0.4, 0.5) is 0 Å². The highest BCUT2D eigenvalue weighted by atomic mass is 16.5. The summed E-state index contributed by atoms with van der Waals surface area (Å²) in [5.74, 6) is -0.824. The third kappa shape index (κ3) is 2.46. The highest BCUT2D eigenvalue weighted by Crippen LogP contribution is 2.28. The zero-order valence-corrected chi connectivity index (χ0v) is 9.88. The van der Waals surface area contributed by atoms with E-state index in [1.54, 1.807) is 0 Å². The fourth-order valence-electron chi connectivity index (χ4n) is 3.16. The Kier molecular flexibility index (Phi) is 3.06. The number of rotatable bonds is 3. The maximum Gasteiger partial charge on any atom is 0.332 e. The van der Waals surface area contributed by atoms with Gasteiger partial charge in [-0.2, -0.15) is 0 Å². The molecule has 5 nitrogen and oxygen atoms in total. The van der Waals surface area contributed by atoms with Crippen molar-refractivity contribution in [3.05, 3.63) is 0 Å². The van der Waals surface area contributed by atoms with E-state index in [-0.39, 0.29) is 6.10 Å². The van der Waals surface area contributed by atoms with Crippen LogP contribution in [0.1, 0.15) is 25.7 Å². The largest absolute Gasteiger partial charge is 0.479 e. The number of likely N-dealkylation sites (tertiary alicyclic amines) is 1. The molecule has 0 aromatic carbocycles. The summed E-state index contributed by atoms with van der Waals surface area (Å²) >= 11 is 0. The van der Waals surface area contributed by atoms with Crippen molar-refractivity contribution >= 4 is 5.97 Å². The van der Waals surface area contributed by atoms with E-state index in [1.807, 2.05) is 0 Å². The average molecular weight is 241 g/mol. The van der Waals surface area contributed by atoms with Gasteiger partial charge in [-0.1, -0.05) is 0 Å². The lowest BCUT2D eigenvalue weighted by atomic mass is 10.2. The van der Waals surface area contributed by atoms with Gasteiger partial charge in [0.15, 0.2) is 6.10 Å². The van der Waals surface area contributed by atoms with E-state index in [2.05, 4.69) is 4.90 Å². The fourth-order valence-corrected chi connectivity index (χ4v) is 3.16. The number of hydrogen-bond donors (Lipinski definition) is 1. The Balaban J connectivity index is 1.50. The van der Waals surface area contributed by atoms with Gasteiger partial charge in [-0.15, -0.1) is 0 Å². The van der Waals surface area contributed by atoms with E-state index in [4.69, 9.17) is 14.6 Å². The second kappa shape index (κ2) is 4.55. The molecule has 3 rings (SSSR count). The molecule has 1 N–H and O–H groups in total. The molecule has 0 aliphatic carbocycles. The van der Waals surface area contributed by atoms with E-state index in [9.17, 15) is 4.79 Å². The van der Waals surface area contributed by atoms with Crippen molar-refractivity contribution in [3.63, 3.8) is 0 Å². The van der Waals surface area contributed by atoms with Crippen molar-refractivity contribution in [1.29, 1.82) is 0 Å². The molecule has 5 heteroatoms. The number of fused-ring (bicyclic) bond motifs is 2. The molecular weight excluding hydrogens is 222 g/mol. The Bertz CT molecular complexity index is 297. The number of nitrogens with zero attached hydrogens (tertiary/aromatic N) is 1. The van der Waals surface area contributed by atoms with Crippen LogP contribution in [0.2, 0.25) is 0 Å². The van der Waals surface area contributed by atoms with Crippen molar-refractivity contribution in [2.45, 2.75) is 50.1 Å². The van der Waals surface area contributed by atoms with E-state index in [1.165, 1.54) is 12.8 Å². The van der Waals surface area contributed by atoms with E-state index in [0.717, 1.165) is 26.1 Å². The van der Waals surface area contributed by atoms with Gasteiger partial charge in [0.05, 0.1) is 18.3 Å². The first-order chi connectivity index (χ1) is 8.20. The van der Waals surface area contributed by atoms with Crippen LogP contribution in [-0.2, 0) is 14.3 Å². The van der Waals surface area contributed by atoms with Gasteiger partial charge in [-0.3, -0.25) is 4.90 Å². The second-order valence-corrected chi connectivity index (χ2v) is 5.34. The highest BCUT2D eigenvalue weighted by Gasteiger charge is 2.37. The van der Waals surface area contributed by atoms with Crippen LogP contribution in [-0.4, -0.2) is 60.0 Å². The molecule has 3 saturated heterocycles. The fraction of sp³-hybridized carbons (Fsp3) is 0.917. The Morgan fingerprint density at radius 1 is 1.12 bits per heavy atom. The lowest BCUT2D eigenvalue weighted by molar-refractivity contribution is -0.150. The van der Waals surface area contributed by atoms with Gasteiger partial charge in [0.1, 0.15) is 0 Å². The number of carboxylic acid groups (broad SMARTS) is 1. The summed E-state index contributed by atoms with van der Waals surface area (Å²) in [4.78, 5) is 13.2. The molecule has 0 amide bonds. The number of hydrogen-bond acceptors (Lipinski definition) is 4. The molecule has 3 heterocycles. The maximum absolute atomic E-state index is 10.8. The first-order valence-corrected chi connectivity index (χ1v) is 6.47. The van der Waals surface area contributed by atoms with Crippen molar-refractivity contribution < 1.29 is 19.4 Å². The number of aliphatic carboxylic acids is 1. The molecule has 3 fully saturated rings. The summed E-state index contributed by atoms with van der Waals surface area (Å²) in [6.45, 7) is 2.82. The van der Waals surface area contributed by atoms with Gasteiger partial charge in [0.25, 0.3) is 0 Å². The second-order valence-electron chi connectivity index (χ2n) is 5.34. The van der Waals surface area contributed by atoms with Crippen LogP contribution in [0.15, 0.2) is 0 Å². The summed E-state index contributed by atoms with van der Waals surface area (Å²) in [7, 11) is 0. The van der Waals surface area contributed by atoms with Crippen molar-refractivity contribution in [1.82, 2.24) is 4.90 Å². The molecule has 0 radical (unpaired) electrons. The van der Waals surface area contributed by atoms with Gasteiger partial charge < -0.3 is 14.6 Å². The quantitative estimate of drug-likeness (QED) is 0.779. The Labute approximate surface area is 101 Å². The predicted molar refractivity (Wildman–Crippen MR) is 59.9 cm³/mol. The molecule has 96 valence electrons. The summed E-state index contributed by atoms with van der Waals surface area (Å²) < 4.78 is 11.3. The highest BCUT2D eigenvalue weighted by molar-refractivity contribution is 5.72. The normalized spacial score (nSPS) is 41.9. The number of carbonyl (C=O) groups is 1. The molecule has 3 aliphatic rings. The Morgan fingerprint density at radius 3 is 2.41 bits per heavy atom. The van der Waals surface area contributed by atoms with Gasteiger partial charge in [0, 0.05) is 19.6 Å². The van der Waals surface area contributed by atoms with E-state index >= 15 is 0 Å². The summed E-state index contributed by atoms with van der Waals surface area (Å²) in [5.41, 5.74) is 0. The van der Waals surface area contributed by atoms with Crippen molar-refractivity contribution in [2.75, 3.05) is 19.6 Å². The van der Waals surface area contributed by atoms with Crippen LogP contribution in [0.5, 0.6) is 0 Å². The minimum atomic E-state index is -0.824. The maximum atomic E-state index is 10.8. The number of morpholine rings is 1. The standard InChI is InChI=1S/C12H19NO4/c14-12(15)11-4-3-10(17-11)7-13-5-8-1-2-9(6-13)16-8/h8-11H,1-7H2,(H,14,15). The van der Waals surface area contributed by atoms with Gasteiger partial charge in [-0.25, -0.2) is 4.79 Å². The molecule has 4 atom stereocenters. The molecule has 0 aromatic heterocycles. The van der Waals surface area contributed by atoms with Crippen LogP contribution in [0.25, 0.3) is 0 Å². The van der Waals surface area contributed by atoms with Crippen LogP contribution in [0.3, 0.4) is 0 Å². The molecule has 4 unspecified atom stereocenters. The first kappa shape index (κ1) is 11.4. The molecule has 0 saturated carbocycles. The van der Waals surface area contributed by atoms with Crippen molar-refractivity contribution in [2.24, 2.45) is 0 Å². The monoisotopic (exact) mass is 241 g/mol. The van der Waals surface area contributed by atoms with Gasteiger partial charge in [-0.05, 0) is 25.7 Å². The lowest BCUT2D eigenvalue weighted by Crippen LogP contribution is -2.45. The number of ether oxygens (including phenoxy) is 2. The summed E-state index contributed by atoms with van der Waals surface area (Å²) in [5, 5.41) is 8.87.